The fourth-order valence-electron chi connectivity index (χ4n) is 2.85. The molecule has 2 aromatic carbocycles. The van der Waals surface area contributed by atoms with Crippen molar-refractivity contribution in [2.75, 3.05) is 19.0 Å². The molecule has 0 atom stereocenters. The Morgan fingerprint density at radius 1 is 1.00 bits per heavy atom. The highest BCUT2D eigenvalue weighted by Crippen LogP contribution is 2.14. The molecular weight excluding hydrogens is 350 g/mol. The van der Waals surface area contributed by atoms with Gasteiger partial charge >= 0.3 is 0 Å². The Balaban J connectivity index is 1.46. The maximum absolute atomic E-state index is 12.4. The number of carbonyl (C=O) groups is 1. The second-order valence-electron chi connectivity index (χ2n) is 6.51. The van der Waals surface area contributed by atoms with Gasteiger partial charge in [0.1, 0.15) is 5.75 Å². The molecule has 5 heteroatoms. The third-order valence-electron chi connectivity index (χ3n) is 4.43. The van der Waals surface area contributed by atoms with Crippen molar-refractivity contribution < 1.29 is 9.53 Å². The second-order valence-corrected chi connectivity index (χ2v) is 6.51. The molecule has 3 rings (SSSR count). The van der Waals surface area contributed by atoms with E-state index in [2.05, 4.69) is 27.8 Å². The van der Waals surface area contributed by atoms with Gasteiger partial charge in [-0.2, -0.15) is 0 Å². The van der Waals surface area contributed by atoms with E-state index < -0.39 is 0 Å². The van der Waals surface area contributed by atoms with Crippen LogP contribution in [0.3, 0.4) is 0 Å². The number of anilines is 1. The van der Waals surface area contributed by atoms with Crippen LogP contribution in [0.5, 0.6) is 5.75 Å². The molecular formula is C23H25N3O2. The predicted molar refractivity (Wildman–Crippen MR) is 112 cm³/mol. The Morgan fingerprint density at radius 2 is 1.79 bits per heavy atom. The summed E-state index contributed by atoms with van der Waals surface area (Å²) in [6.07, 6.45) is 5.15. The predicted octanol–water partition coefficient (Wildman–Crippen LogP) is 4.06. The van der Waals surface area contributed by atoms with Gasteiger partial charge in [-0.25, -0.2) is 0 Å². The van der Waals surface area contributed by atoms with E-state index in [0.29, 0.717) is 18.7 Å². The smallest absolute Gasteiger partial charge is 0.252 e. The van der Waals surface area contributed by atoms with Crippen molar-refractivity contribution in [3.8, 4) is 5.75 Å². The SMILES string of the molecule is COc1ccc(CNc2cncc(C(=O)NCCCc3ccccc3)c2)cc1. The van der Waals surface area contributed by atoms with E-state index in [9.17, 15) is 4.79 Å². The number of ether oxygens (including phenoxy) is 1. The van der Waals surface area contributed by atoms with E-state index in [1.807, 2.05) is 48.5 Å². The van der Waals surface area contributed by atoms with E-state index in [1.165, 1.54) is 5.56 Å². The van der Waals surface area contributed by atoms with Crippen LogP contribution < -0.4 is 15.4 Å². The summed E-state index contributed by atoms with van der Waals surface area (Å²) < 4.78 is 5.16. The van der Waals surface area contributed by atoms with Crippen molar-refractivity contribution in [3.63, 3.8) is 0 Å². The summed E-state index contributed by atoms with van der Waals surface area (Å²) in [5.74, 6) is 0.727. The highest BCUT2D eigenvalue weighted by atomic mass is 16.5. The van der Waals surface area contributed by atoms with Gasteiger partial charge in [0, 0.05) is 25.5 Å². The standard InChI is InChI=1S/C23H25N3O2/c1-28-22-11-9-19(10-12-22)15-26-21-14-20(16-24-17-21)23(27)25-13-5-8-18-6-3-2-4-7-18/h2-4,6-7,9-12,14,16-17,26H,5,8,13,15H2,1H3,(H,25,27). The summed E-state index contributed by atoms with van der Waals surface area (Å²) in [6.45, 7) is 1.28. The zero-order chi connectivity index (χ0) is 19.6. The topological polar surface area (TPSA) is 63.2 Å². The normalized spacial score (nSPS) is 10.3. The molecule has 0 unspecified atom stereocenters. The van der Waals surface area contributed by atoms with Crippen LogP contribution in [0.25, 0.3) is 0 Å². The zero-order valence-electron chi connectivity index (χ0n) is 16.0. The number of hydrogen-bond donors (Lipinski definition) is 2. The maximum atomic E-state index is 12.4. The number of methoxy groups -OCH3 is 1. The molecule has 0 aliphatic heterocycles. The molecule has 0 aliphatic carbocycles. The minimum absolute atomic E-state index is 0.103. The molecule has 144 valence electrons. The van der Waals surface area contributed by atoms with Crippen LogP contribution in [0.15, 0.2) is 73.1 Å². The first-order chi connectivity index (χ1) is 13.7. The summed E-state index contributed by atoms with van der Waals surface area (Å²) in [6, 6.07) is 20.0. The third kappa shape index (κ3) is 5.84. The number of rotatable bonds is 9. The lowest BCUT2D eigenvalue weighted by Gasteiger charge is -2.09. The molecule has 5 nitrogen and oxygen atoms in total. The number of nitrogens with zero attached hydrogens (tertiary/aromatic N) is 1. The summed E-state index contributed by atoms with van der Waals surface area (Å²) in [5, 5.41) is 6.26. The van der Waals surface area contributed by atoms with Gasteiger partial charge in [-0.3, -0.25) is 9.78 Å². The Hall–Kier alpha value is -3.34. The number of amides is 1. The van der Waals surface area contributed by atoms with Crippen molar-refractivity contribution in [2.45, 2.75) is 19.4 Å². The molecule has 0 radical (unpaired) electrons. The van der Waals surface area contributed by atoms with Gasteiger partial charge in [-0.15, -0.1) is 0 Å². The number of carbonyl (C=O) groups excluding carboxylic acids is 1. The monoisotopic (exact) mass is 375 g/mol. The van der Waals surface area contributed by atoms with E-state index >= 15 is 0 Å². The minimum atomic E-state index is -0.103. The molecule has 1 heterocycles. The van der Waals surface area contributed by atoms with Crippen molar-refractivity contribution in [1.29, 1.82) is 0 Å². The van der Waals surface area contributed by atoms with Crippen LogP contribution in [0.2, 0.25) is 0 Å². The second kappa shape index (κ2) is 10.1. The summed E-state index contributed by atoms with van der Waals surface area (Å²) in [5.41, 5.74) is 3.77. The third-order valence-corrected chi connectivity index (χ3v) is 4.43. The molecule has 1 aromatic heterocycles. The minimum Gasteiger partial charge on any atom is -0.497 e. The molecule has 0 bridgehead atoms. The van der Waals surface area contributed by atoms with Crippen LogP contribution >= 0.6 is 0 Å². The first-order valence-corrected chi connectivity index (χ1v) is 9.38. The molecule has 3 aromatic rings. The zero-order valence-corrected chi connectivity index (χ0v) is 16.0. The average Bonchev–Trinajstić information content (AvgIpc) is 2.76. The number of aromatic nitrogens is 1. The first-order valence-electron chi connectivity index (χ1n) is 9.38. The van der Waals surface area contributed by atoms with Crippen LogP contribution in [0.4, 0.5) is 5.69 Å². The summed E-state index contributed by atoms with van der Waals surface area (Å²) in [7, 11) is 1.65. The molecule has 0 spiro atoms. The molecule has 0 saturated carbocycles. The van der Waals surface area contributed by atoms with Gasteiger partial charge in [0.2, 0.25) is 0 Å². The number of benzene rings is 2. The average molecular weight is 375 g/mol. The van der Waals surface area contributed by atoms with Crippen molar-refractivity contribution in [3.05, 3.63) is 89.7 Å². The van der Waals surface area contributed by atoms with Crippen molar-refractivity contribution in [2.24, 2.45) is 0 Å². The van der Waals surface area contributed by atoms with Gasteiger partial charge in [0.05, 0.1) is 18.4 Å². The Bertz CT molecular complexity index is 880. The maximum Gasteiger partial charge on any atom is 0.252 e. The Morgan fingerprint density at radius 3 is 2.54 bits per heavy atom. The number of aryl methyl sites for hydroxylation is 1. The van der Waals surface area contributed by atoms with Gasteiger partial charge in [0.25, 0.3) is 5.91 Å². The highest BCUT2D eigenvalue weighted by molar-refractivity contribution is 5.94. The van der Waals surface area contributed by atoms with Crippen LogP contribution in [-0.4, -0.2) is 24.5 Å². The first kappa shape index (κ1) is 19.4. The number of nitrogens with one attached hydrogen (secondary N) is 2. The quantitative estimate of drug-likeness (QED) is 0.554. The molecule has 28 heavy (non-hydrogen) atoms. The van der Waals surface area contributed by atoms with Crippen LogP contribution in [-0.2, 0) is 13.0 Å². The van der Waals surface area contributed by atoms with Gasteiger partial charge < -0.3 is 15.4 Å². The lowest BCUT2D eigenvalue weighted by molar-refractivity contribution is 0.0953. The Labute approximate surface area is 165 Å². The summed E-state index contributed by atoms with van der Waals surface area (Å²) >= 11 is 0. The fourth-order valence-corrected chi connectivity index (χ4v) is 2.85. The van der Waals surface area contributed by atoms with E-state index in [4.69, 9.17) is 4.74 Å². The van der Waals surface area contributed by atoms with Crippen LogP contribution in [0.1, 0.15) is 27.9 Å². The molecule has 1 amide bonds. The van der Waals surface area contributed by atoms with Gasteiger partial charge in [-0.1, -0.05) is 42.5 Å². The number of hydrogen-bond acceptors (Lipinski definition) is 4. The highest BCUT2D eigenvalue weighted by Gasteiger charge is 2.06. The van der Waals surface area contributed by atoms with E-state index in [-0.39, 0.29) is 5.91 Å². The Kier molecular flexibility index (Phi) is 7.01. The molecule has 0 aliphatic rings. The van der Waals surface area contributed by atoms with Crippen molar-refractivity contribution >= 4 is 11.6 Å². The largest absolute Gasteiger partial charge is 0.497 e. The van der Waals surface area contributed by atoms with Gasteiger partial charge in [0.15, 0.2) is 0 Å². The van der Waals surface area contributed by atoms with E-state index in [1.54, 1.807) is 19.5 Å². The van der Waals surface area contributed by atoms with E-state index in [0.717, 1.165) is 29.8 Å². The van der Waals surface area contributed by atoms with Crippen molar-refractivity contribution in [1.82, 2.24) is 10.3 Å². The summed E-state index contributed by atoms with van der Waals surface area (Å²) in [4.78, 5) is 16.5. The molecule has 2 N–H and O–H groups in total. The lowest BCUT2D eigenvalue weighted by atomic mass is 10.1. The van der Waals surface area contributed by atoms with Gasteiger partial charge in [-0.05, 0) is 42.2 Å². The lowest BCUT2D eigenvalue weighted by Crippen LogP contribution is -2.25. The number of pyridine rings is 1. The molecule has 0 fully saturated rings. The fraction of sp³-hybridized carbons (Fsp3) is 0.217. The van der Waals surface area contributed by atoms with Crippen LogP contribution in [0, 0.1) is 0 Å². The molecule has 0 saturated heterocycles.